The molecule has 0 N–H and O–H groups in total. The molecule has 0 spiro atoms. The Kier molecular flexibility index (Phi) is 3.33. The lowest BCUT2D eigenvalue weighted by Crippen LogP contribution is -1.96. The Morgan fingerprint density at radius 2 is 1.41 bits per heavy atom. The molecule has 2 aromatic rings. The van der Waals surface area contributed by atoms with E-state index in [2.05, 4.69) is 6.92 Å². The van der Waals surface area contributed by atoms with Gasteiger partial charge < -0.3 is 0 Å². The summed E-state index contributed by atoms with van der Waals surface area (Å²) in [6.45, 7) is 2.06. The van der Waals surface area contributed by atoms with E-state index in [1.807, 2.05) is 12.1 Å². The van der Waals surface area contributed by atoms with E-state index in [4.69, 9.17) is 0 Å². The second kappa shape index (κ2) is 4.91. The topological polar surface area (TPSA) is 17.1 Å². The zero-order chi connectivity index (χ0) is 12.3. The summed E-state index contributed by atoms with van der Waals surface area (Å²) in [5.41, 5.74) is 2.84. The Labute approximate surface area is 99.9 Å². The summed E-state index contributed by atoms with van der Waals surface area (Å²) in [4.78, 5) is 10.6. The van der Waals surface area contributed by atoms with Crippen molar-refractivity contribution in [3.05, 3.63) is 71.0 Å². The van der Waals surface area contributed by atoms with Crippen molar-refractivity contribution in [2.75, 3.05) is 0 Å². The van der Waals surface area contributed by atoms with E-state index in [0.717, 1.165) is 17.4 Å². The van der Waals surface area contributed by atoms with E-state index in [1.165, 1.54) is 12.1 Å². The van der Waals surface area contributed by atoms with Crippen molar-refractivity contribution in [1.82, 2.24) is 0 Å². The SMILES string of the molecule is CC(c1ccc(F)cc1)c1ccc(C=O)cc1. The van der Waals surface area contributed by atoms with Crippen LogP contribution in [0.3, 0.4) is 0 Å². The van der Waals surface area contributed by atoms with E-state index in [-0.39, 0.29) is 11.7 Å². The first-order chi connectivity index (χ1) is 8.20. The van der Waals surface area contributed by atoms with Gasteiger partial charge in [-0.05, 0) is 23.3 Å². The van der Waals surface area contributed by atoms with Gasteiger partial charge in [0.1, 0.15) is 12.1 Å². The van der Waals surface area contributed by atoms with Crippen LogP contribution in [0.5, 0.6) is 0 Å². The average molecular weight is 228 g/mol. The third-order valence-electron chi connectivity index (χ3n) is 2.94. The Morgan fingerprint density at radius 1 is 0.941 bits per heavy atom. The molecule has 0 saturated carbocycles. The van der Waals surface area contributed by atoms with Crippen LogP contribution in [0, 0.1) is 5.82 Å². The highest BCUT2D eigenvalue weighted by atomic mass is 19.1. The van der Waals surface area contributed by atoms with Crippen molar-refractivity contribution in [3.8, 4) is 0 Å². The molecule has 1 atom stereocenters. The Morgan fingerprint density at radius 3 is 1.88 bits per heavy atom. The number of hydrogen-bond acceptors (Lipinski definition) is 1. The normalized spacial score (nSPS) is 12.1. The molecule has 0 aliphatic heterocycles. The predicted molar refractivity (Wildman–Crippen MR) is 65.7 cm³/mol. The lowest BCUT2D eigenvalue weighted by atomic mass is 9.93. The molecule has 0 radical (unpaired) electrons. The molecule has 0 aliphatic rings. The molecule has 0 amide bonds. The minimum Gasteiger partial charge on any atom is -0.298 e. The van der Waals surface area contributed by atoms with Gasteiger partial charge in [-0.2, -0.15) is 0 Å². The standard InChI is InChI=1S/C15H13FO/c1-11(14-6-8-15(16)9-7-14)13-4-2-12(10-17)3-5-13/h2-11H,1H3. The minimum absolute atomic E-state index is 0.191. The lowest BCUT2D eigenvalue weighted by Gasteiger charge is -2.12. The second-order valence-electron chi connectivity index (χ2n) is 4.06. The molecule has 0 aromatic heterocycles. The summed E-state index contributed by atoms with van der Waals surface area (Å²) in [5, 5.41) is 0. The summed E-state index contributed by atoms with van der Waals surface area (Å²) < 4.78 is 12.8. The quantitative estimate of drug-likeness (QED) is 0.730. The largest absolute Gasteiger partial charge is 0.298 e. The van der Waals surface area contributed by atoms with Crippen LogP contribution in [-0.4, -0.2) is 6.29 Å². The average Bonchev–Trinajstić information content (AvgIpc) is 2.39. The van der Waals surface area contributed by atoms with Crippen LogP contribution < -0.4 is 0 Å². The molecular weight excluding hydrogens is 215 g/mol. The molecule has 1 nitrogen and oxygen atoms in total. The van der Waals surface area contributed by atoms with Crippen LogP contribution in [0.2, 0.25) is 0 Å². The summed E-state index contributed by atoms with van der Waals surface area (Å²) >= 11 is 0. The van der Waals surface area contributed by atoms with Gasteiger partial charge in [0.15, 0.2) is 0 Å². The number of carbonyl (C=O) groups is 1. The zero-order valence-electron chi connectivity index (χ0n) is 9.56. The van der Waals surface area contributed by atoms with Gasteiger partial charge in [-0.1, -0.05) is 43.3 Å². The highest BCUT2D eigenvalue weighted by Gasteiger charge is 2.08. The first kappa shape index (κ1) is 11.5. The maximum atomic E-state index is 12.8. The molecule has 2 heteroatoms. The minimum atomic E-state index is -0.225. The van der Waals surface area contributed by atoms with Crippen LogP contribution in [0.15, 0.2) is 48.5 Å². The van der Waals surface area contributed by atoms with E-state index >= 15 is 0 Å². The van der Waals surface area contributed by atoms with E-state index in [9.17, 15) is 9.18 Å². The zero-order valence-corrected chi connectivity index (χ0v) is 9.56. The molecule has 0 heterocycles. The number of benzene rings is 2. The molecule has 0 fully saturated rings. The maximum absolute atomic E-state index is 12.8. The van der Waals surface area contributed by atoms with Crippen LogP contribution >= 0.6 is 0 Å². The van der Waals surface area contributed by atoms with Gasteiger partial charge in [-0.15, -0.1) is 0 Å². The molecular formula is C15H13FO. The van der Waals surface area contributed by atoms with Gasteiger partial charge in [-0.25, -0.2) is 4.39 Å². The van der Waals surface area contributed by atoms with Crippen molar-refractivity contribution in [3.63, 3.8) is 0 Å². The number of carbonyl (C=O) groups excluding carboxylic acids is 1. The number of rotatable bonds is 3. The Balaban J connectivity index is 2.26. The third kappa shape index (κ3) is 2.59. The van der Waals surface area contributed by atoms with Gasteiger partial charge in [0.05, 0.1) is 0 Å². The third-order valence-corrected chi connectivity index (χ3v) is 2.94. The monoisotopic (exact) mass is 228 g/mol. The first-order valence-electron chi connectivity index (χ1n) is 5.51. The number of aldehydes is 1. The van der Waals surface area contributed by atoms with Gasteiger partial charge in [0, 0.05) is 11.5 Å². The number of hydrogen-bond donors (Lipinski definition) is 0. The smallest absolute Gasteiger partial charge is 0.150 e. The van der Waals surface area contributed by atoms with Crippen LogP contribution in [0.1, 0.15) is 34.3 Å². The van der Waals surface area contributed by atoms with Gasteiger partial charge >= 0.3 is 0 Å². The fourth-order valence-corrected chi connectivity index (χ4v) is 1.81. The van der Waals surface area contributed by atoms with Crippen molar-refractivity contribution in [1.29, 1.82) is 0 Å². The molecule has 17 heavy (non-hydrogen) atoms. The Bertz CT molecular complexity index is 499. The molecule has 0 saturated heterocycles. The molecule has 2 aromatic carbocycles. The van der Waals surface area contributed by atoms with Gasteiger partial charge in [0.25, 0.3) is 0 Å². The Hall–Kier alpha value is -1.96. The molecule has 86 valence electrons. The van der Waals surface area contributed by atoms with E-state index in [1.54, 1.807) is 24.3 Å². The fourth-order valence-electron chi connectivity index (χ4n) is 1.81. The highest BCUT2D eigenvalue weighted by Crippen LogP contribution is 2.24. The predicted octanol–water partition coefficient (Wildman–Crippen LogP) is 3.79. The highest BCUT2D eigenvalue weighted by molar-refractivity contribution is 5.74. The second-order valence-corrected chi connectivity index (χ2v) is 4.06. The molecule has 0 bridgehead atoms. The summed E-state index contributed by atoms with van der Waals surface area (Å²) in [6, 6.07) is 13.9. The lowest BCUT2D eigenvalue weighted by molar-refractivity contribution is 0.112. The van der Waals surface area contributed by atoms with Crippen molar-refractivity contribution in [2.24, 2.45) is 0 Å². The van der Waals surface area contributed by atoms with Gasteiger partial charge in [-0.3, -0.25) is 4.79 Å². The maximum Gasteiger partial charge on any atom is 0.150 e. The summed E-state index contributed by atoms with van der Waals surface area (Å²) in [5.74, 6) is -0.0337. The summed E-state index contributed by atoms with van der Waals surface area (Å²) in [6.07, 6.45) is 0.826. The van der Waals surface area contributed by atoms with Crippen molar-refractivity contribution < 1.29 is 9.18 Å². The molecule has 2 rings (SSSR count). The van der Waals surface area contributed by atoms with Gasteiger partial charge in [0.2, 0.25) is 0 Å². The summed E-state index contributed by atoms with van der Waals surface area (Å²) in [7, 11) is 0. The van der Waals surface area contributed by atoms with Crippen LogP contribution in [0.25, 0.3) is 0 Å². The van der Waals surface area contributed by atoms with E-state index in [0.29, 0.717) is 5.56 Å². The first-order valence-corrected chi connectivity index (χ1v) is 5.51. The van der Waals surface area contributed by atoms with E-state index < -0.39 is 0 Å². The number of halogens is 1. The van der Waals surface area contributed by atoms with Crippen LogP contribution in [0.4, 0.5) is 4.39 Å². The molecule has 1 unspecified atom stereocenters. The fraction of sp³-hybridized carbons (Fsp3) is 0.133. The van der Waals surface area contributed by atoms with Crippen molar-refractivity contribution in [2.45, 2.75) is 12.8 Å². The van der Waals surface area contributed by atoms with Crippen LogP contribution in [-0.2, 0) is 0 Å². The molecule has 0 aliphatic carbocycles. The van der Waals surface area contributed by atoms with Crippen molar-refractivity contribution >= 4 is 6.29 Å².